The second kappa shape index (κ2) is 35.4. The van der Waals surface area contributed by atoms with Crippen molar-refractivity contribution in [1.29, 1.82) is 0 Å². The van der Waals surface area contributed by atoms with Gasteiger partial charge in [-0.05, 0) is 40.2 Å². The molecule has 1 unspecified atom stereocenters. The van der Waals surface area contributed by atoms with Crippen molar-refractivity contribution in [1.82, 2.24) is 5.32 Å². The Bertz CT molecular complexity index is 606. The summed E-state index contributed by atoms with van der Waals surface area (Å²) in [7, 11) is -0.706. The average molecular weight is 674 g/mol. The van der Waals surface area contributed by atoms with Gasteiger partial charge in [0.15, 0.2) is 5.12 Å². The zero-order chi connectivity index (χ0) is 33.1. The molecule has 1 atom stereocenters. The molecule has 0 fully saturated rings. The normalized spacial score (nSPS) is 12.6. The van der Waals surface area contributed by atoms with Crippen LogP contribution in [0.3, 0.4) is 0 Å². The number of hydrogen-bond donors (Lipinski definition) is 1. The highest BCUT2D eigenvalue weighted by molar-refractivity contribution is 8.13. The van der Waals surface area contributed by atoms with Crippen LogP contribution in [0.1, 0.15) is 195 Å². The van der Waals surface area contributed by atoms with E-state index in [0.717, 1.165) is 31.1 Å². The molecule has 0 bridgehead atoms. The fourth-order valence-electron chi connectivity index (χ4n) is 6.03. The first-order valence-corrected chi connectivity index (χ1v) is 22.7. The van der Waals surface area contributed by atoms with Crippen LogP contribution >= 0.6 is 11.8 Å². The lowest BCUT2D eigenvalue weighted by molar-refractivity contribution is -0.111. The Morgan fingerprint density at radius 1 is 0.578 bits per heavy atom. The van der Waals surface area contributed by atoms with Crippen LogP contribution in [0.4, 0.5) is 0 Å². The summed E-state index contributed by atoms with van der Waals surface area (Å²) in [6.07, 6.45) is 34.0. The van der Waals surface area contributed by atoms with Gasteiger partial charge in [0.2, 0.25) is 0 Å². The van der Waals surface area contributed by atoms with Gasteiger partial charge < -0.3 is 18.6 Å². The van der Waals surface area contributed by atoms with E-state index in [0.29, 0.717) is 37.4 Å². The van der Waals surface area contributed by atoms with Crippen LogP contribution in [0.15, 0.2) is 0 Å². The van der Waals surface area contributed by atoms with Crippen molar-refractivity contribution in [3.05, 3.63) is 0 Å². The summed E-state index contributed by atoms with van der Waals surface area (Å²) in [4.78, 5) is 12.3. The summed E-state index contributed by atoms with van der Waals surface area (Å²) in [5.74, 6) is 0.820. The van der Waals surface area contributed by atoms with Gasteiger partial charge in [0.25, 0.3) is 0 Å². The molecule has 270 valence electrons. The minimum Gasteiger partial charge on any atom is -0.374 e. The van der Waals surface area contributed by atoms with Crippen LogP contribution in [0.5, 0.6) is 0 Å². The molecule has 0 saturated carbocycles. The third kappa shape index (κ3) is 29.9. The van der Waals surface area contributed by atoms with E-state index in [-0.39, 0.29) is 0 Å². The second-order valence-electron chi connectivity index (χ2n) is 13.1. The molecule has 45 heavy (non-hydrogen) atoms. The number of carbonyl (C=O) groups excluding carboxylic acids is 1. The number of rotatable bonds is 37. The van der Waals surface area contributed by atoms with Crippen molar-refractivity contribution in [3.63, 3.8) is 0 Å². The first kappa shape index (κ1) is 45.1. The molecular formula is C38H79NO4SSi. The van der Waals surface area contributed by atoms with E-state index in [1.54, 1.807) is 0 Å². The number of carbonyl (C=O) groups is 1. The van der Waals surface area contributed by atoms with E-state index in [9.17, 15) is 4.79 Å². The van der Waals surface area contributed by atoms with Crippen molar-refractivity contribution in [2.24, 2.45) is 0 Å². The van der Waals surface area contributed by atoms with Gasteiger partial charge in [0.05, 0.1) is 6.61 Å². The highest BCUT2D eigenvalue weighted by atomic mass is 32.2. The maximum Gasteiger partial charge on any atom is 0.501 e. The molecule has 0 saturated heterocycles. The van der Waals surface area contributed by atoms with Crippen LogP contribution < -0.4 is 5.32 Å². The standard InChI is InChI=1S/C38H79NO4SSi/c1-6-10-12-14-15-16-17-18-19-20-21-22-23-24-25-26-28-29-32-37(39-5)36-43-45(41-8-3,42-9-4)35-31-34-44-38(40)33-30-27-13-11-7-2/h37,39H,6-36H2,1-5H3. The molecule has 0 rings (SSSR count). The number of unbranched alkanes of at least 4 members (excludes halogenated alkanes) is 21. The minimum absolute atomic E-state index is 0.322. The number of hydrogen-bond acceptors (Lipinski definition) is 6. The minimum atomic E-state index is -2.75. The Morgan fingerprint density at radius 2 is 1.00 bits per heavy atom. The number of nitrogens with one attached hydrogen (secondary N) is 1. The number of thioether (sulfide) groups is 1. The third-order valence-corrected chi connectivity index (χ3v) is 13.0. The van der Waals surface area contributed by atoms with Gasteiger partial charge in [0, 0.05) is 37.5 Å². The van der Waals surface area contributed by atoms with E-state index < -0.39 is 8.80 Å². The largest absolute Gasteiger partial charge is 0.501 e. The zero-order valence-electron chi connectivity index (χ0n) is 31.0. The topological polar surface area (TPSA) is 56.8 Å². The van der Waals surface area contributed by atoms with E-state index in [4.69, 9.17) is 13.3 Å². The molecule has 0 aromatic rings. The Morgan fingerprint density at radius 3 is 1.42 bits per heavy atom. The van der Waals surface area contributed by atoms with Crippen LogP contribution in [0.25, 0.3) is 0 Å². The second-order valence-corrected chi connectivity index (χ2v) is 17.0. The Balaban J connectivity index is 3.99. The van der Waals surface area contributed by atoms with Crippen LogP contribution in [0, 0.1) is 0 Å². The molecular weight excluding hydrogens is 595 g/mol. The maximum atomic E-state index is 12.3. The van der Waals surface area contributed by atoms with E-state index in [1.165, 1.54) is 153 Å². The summed E-state index contributed by atoms with van der Waals surface area (Å²) in [5.41, 5.74) is 0. The van der Waals surface area contributed by atoms with Gasteiger partial charge in [-0.15, -0.1) is 0 Å². The zero-order valence-corrected chi connectivity index (χ0v) is 32.9. The number of likely N-dealkylation sites (N-methyl/N-ethyl adjacent to an activating group) is 1. The highest BCUT2D eigenvalue weighted by Crippen LogP contribution is 2.22. The Labute approximate surface area is 287 Å². The van der Waals surface area contributed by atoms with Crippen LogP contribution in [0.2, 0.25) is 6.04 Å². The predicted molar refractivity (Wildman–Crippen MR) is 201 cm³/mol. The van der Waals surface area contributed by atoms with E-state index >= 15 is 0 Å². The van der Waals surface area contributed by atoms with Gasteiger partial charge in [-0.1, -0.05) is 167 Å². The fraction of sp³-hybridized carbons (Fsp3) is 0.974. The van der Waals surface area contributed by atoms with Crippen molar-refractivity contribution >= 4 is 25.7 Å². The molecule has 0 aliphatic heterocycles. The molecule has 0 aromatic heterocycles. The molecule has 1 N–H and O–H groups in total. The Kier molecular flexibility index (Phi) is 35.4. The van der Waals surface area contributed by atoms with Crippen LogP contribution in [-0.2, 0) is 18.1 Å². The van der Waals surface area contributed by atoms with Crippen molar-refractivity contribution in [3.8, 4) is 0 Å². The van der Waals surface area contributed by atoms with Crippen molar-refractivity contribution in [2.45, 2.75) is 207 Å². The SMILES string of the molecule is CCCCCCCCCCCCCCCCCCCCC(CO[Si](CCCSC(=O)CCCCCCC)(OCC)OCC)NC. The monoisotopic (exact) mass is 674 g/mol. The fourth-order valence-corrected chi connectivity index (χ4v) is 9.72. The lowest BCUT2D eigenvalue weighted by Gasteiger charge is -2.30. The van der Waals surface area contributed by atoms with Gasteiger partial charge in [-0.25, -0.2) is 0 Å². The molecule has 0 amide bonds. The maximum absolute atomic E-state index is 12.3. The van der Waals surface area contributed by atoms with Crippen molar-refractivity contribution < 1.29 is 18.1 Å². The molecule has 0 spiro atoms. The molecule has 0 heterocycles. The summed E-state index contributed by atoms with van der Waals surface area (Å²) >= 11 is 1.48. The first-order chi connectivity index (χ1) is 22.1. The smallest absolute Gasteiger partial charge is 0.374 e. The summed E-state index contributed by atoms with van der Waals surface area (Å²) < 4.78 is 18.9. The van der Waals surface area contributed by atoms with E-state index in [2.05, 4.69) is 19.2 Å². The van der Waals surface area contributed by atoms with Crippen molar-refractivity contribution in [2.75, 3.05) is 32.6 Å². The quantitative estimate of drug-likeness (QED) is 0.0523. The predicted octanol–water partition coefficient (Wildman–Crippen LogP) is 12.0. The van der Waals surface area contributed by atoms with Gasteiger partial charge >= 0.3 is 8.80 Å². The molecule has 0 radical (unpaired) electrons. The van der Waals surface area contributed by atoms with Gasteiger partial charge in [0.1, 0.15) is 0 Å². The Hall–Kier alpha value is 0.0769. The molecule has 0 aromatic carbocycles. The highest BCUT2D eigenvalue weighted by Gasteiger charge is 2.40. The van der Waals surface area contributed by atoms with E-state index in [1.807, 2.05) is 20.9 Å². The van der Waals surface area contributed by atoms with Crippen LogP contribution in [-0.4, -0.2) is 52.6 Å². The lowest BCUT2D eigenvalue weighted by atomic mass is 10.0. The molecule has 0 aliphatic carbocycles. The van der Waals surface area contributed by atoms with Gasteiger partial charge in [-0.2, -0.15) is 0 Å². The summed E-state index contributed by atoms with van der Waals surface area (Å²) in [6, 6.07) is 1.10. The molecule has 5 nitrogen and oxygen atoms in total. The molecule has 7 heteroatoms. The lowest BCUT2D eigenvalue weighted by Crippen LogP contribution is -2.48. The van der Waals surface area contributed by atoms with Gasteiger partial charge in [-0.3, -0.25) is 4.79 Å². The summed E-state index contributed by atoms with van der Waals surface area (Å²) in [5, 5.41) is 3.79. The molecule has 0 aliphatic rings. The third-order valence-electron chi connectivity index (χ3n) is 8.92. The first-order valence-electron chi connectivity index (χ1n) is 19.8. The average Bonchev–Trinajstić information content (AvgIpc) is 3.04. The summed E-state index contributed by atoms with van der Waals surface area (Å²) in [6.45, 7) is 10.4.